The van der Waals surface area contributed by atoms with Crippen LogP contribution in [0.25, 0.3) is 0 Å². The van der Waals surface area contributed by atoms with Crippen molar-refractivity contribution in [3.8, 4) is 11.5 Å². The molecule has 2 aromatic rings. The third kappa shape index (κ3) is 2.44. The van der Waals surface area contributed by atoms with Crippen LogP contribution in [0.4, 0.5) is 0 Å². The molecule has 1 aromatic heterocycles. The van der Waals surface area contributed by atoms with Gasteiger partial charge >= 0.3 is 0 Å². The number of amides is 1. The maximum atomic E-state index is 12.9. The molecule has 0 radical (unpaired) electrons. The molecule has 4 rings (SSSR count). The molecule has 1 saturated heterocycles. The van der Waals surface area contributed by atoms with Crippen LogP contribution in [0.5, 0.6) is 11.5 Å². The Morgan fingerprint density at radius 2 is 2.00 bits per heavy atom. The minimum absolute atomic E-state index is 0.0178. The summed E-state index contributed by atoms with van der Waals surface area (Å²) in [5.41, 5.74) is 1.46. The van der Waals surface area contributed by atoms with Crippen molar-refractivity contribution in [2.45, 2.75) is 18.9 Å². The van der Waals surface area contributed by atoms with Crippen LogP contribution in [0.15, 0.2) is 41.3 Å². The Morgan fingerprint density at radius 1 is 1.17 bits per heavy atom. The summed E-state index contributed by atoms with van der Waals surface area (Å²) in [6, 6.07) is 8.89. The highest BCUT2D eigenvalue weighted by Crippen LogP contribution is 2.39. The third-order valence-corrected chi connectivity index (χ3v) is 4.63. The average Bonchev–Trinajstić information content (AvgIpc) is 3.24. The molecule has 124 valence electrons. The Hall–Kier alpha value is -2.76. The fraction of sp³-hybridized carbons (Fsp3) is 0.333. The van der Waals surface area contributed by atoms with Crippen molar-refractivity contribution in [1.29, 1.82) is 0 Å². The van der Waals surface area contributed by atoms with Gasteiger partial charge in [-0.3, -0.25) is 9.59 Å². The molecule has 3 heterocycles. The summed E-state index contributed by atoms with van der Waals surface area (Å²) >= 11 is 0. The van der Waals surface area contributed by atoms with Crippen LogP contribution in [-0.4, -0.2) is 28.7 Å². The summed E-state index contributed by atoms with van der Waals surface area (Å²) < 4.78 is 12.2. The molecule has 0 saturated carbocycles. The summed E-state index contributed by atoms with van der Waals surface area (Å²) in [6.07, 6.45) is 3.47. The van der Waals surface area contributed by atoms with E-state index in [1.165, 1.54) is 10.6 Å². The first-order chi connectivity index (χ1) is 11.6. The number of aromatic nitrogens is 1. The van der Waals surface area contributed by atoms with Gasteiger partial charge < -0.3 is 18.9 Å². The summed E-state index contributed by atoms with van der Waals surface area (Å²) in [5.74, 6) is 1.42. The van der Waals surface area contributed by atoms with Crippen LogP contribution in [0.1, 0.15) is 34.8 Å². The number of nitrogens with zero attached hydrogens (tertiary/aromatic N) is 2. The van der Waals surface area contributed by atoms with Gasteiger partial charge in [-0.25, -0.2) is 0 Å². The zero-order valence-electron chi connectivity index (χ0n) is 13.4. The molecule has 0 spiro atoms. The topological polar surface area (TPSA) is 60.8 Å². The van der Waals surface area contributed by atoms with Gasteiger partial charge in [0.1, 0.15) is 0 Å². The predicted octanol–water partition coefficient (Wildman–Crippen LogP) is 2.09. The van der Waals surface area contributed by atoms with Crippen molar-refractivity contribution in [2.75, 3.05) is 13.3 Å². The maximum Gasteiger partial charge on any atom is 0.255 e. The van der Waals surface area contributed by atoms with E-state index in [1.54, 1.807) is 19.3 Å². The average molecular weight is 326 g/mol. The number of fused-ring (bicyclic) bond motifs is 1. The first-order valence-corrected chi connectivity index (χ1v) is 8.01. The number of benzene rings is 1. The summed E-state index contributed by atoms with van der Waals surface area (Å²) in [4.78, 5) is 26.3. The monoisotopic (exact) mass is 326 g/mol. The molecule has 2 aliphatic rings. The number of rotatable bonds is 2. The lowest BCUT2D eigenvalue weighted by atomic mass is 10.0. The normalized spacial score (nSPS) is 18.9. The predicted molar refractivity (Wildman–Crippen MR) is 87.3 cm³/mol. The Kier molecular flexibility index (Phi) is 3.52. The van der Waals surface area contributed by atoms with Gasteiger partial charge in [0.2, 0.25) is 12.4 Å². The van der Waals surface area contributed by atoms with Crippen molar-refractivity contribution in [1.82, 2.24) is 9.47 Å². The third-order valence-electron chi connectivity index (χ3n) is 4.63. The Bertz CT molecular complexity index is 858. The van der Waals surface area contributed by atoms with Crippen LogP contribution in [0, 0.1) is 0 Å². The fourth-order valence-corrected chi connectivity index (χ4v) is 3.36. The highest BCUT2D eigenvalue weighted by molar-refractivity contribution is 5.94. The molecule has 1 aromatic carbocycles. The smallest absolute Gasteiger partial charge is 0.255 e. The molecular formula is C18H18N2O4. The van der Waals surface area contributed by atoms with E-state index in [-0.39, 0.29) is 24.3 Å². The number of aryl methyl sites for hydroxylation is 1. The van der Waals surface area contributed by atoms with E-state index in [2.05, 4.69) is 0 Å². The molecular weight excluding hydrogens is 308 g/mol. The molecule has 0 aliphatic carbocycles. The summed E-state index contributed by atoms with van der Waals surface area (Å²) in [6.45, 7) is 0.949. The van der Waals surface area contributed by atoms with E-state index < -0.39 is 0 Å². The zero-order valence-corrected chi connectivity index (χ0v) is 13.4. The van der Waals surface area contributed by atoms with E-state index in [0.29, 0.717) is 12.1 Å². The standard InChI is InChI=1S/C18H18N2O4/c1-19-10-13(5-7-17(19)21)18(22)20-8-2-3-14(20)12-4-6-15-16(9-12)24-11-23-15/h4-7,9-10,14H,2-3,8,11H2,1H3/t14-/m1/s1. The lowest BCUT2D eigenvalue weighted by molar-refractivity contribution is 0.0734. The van der Waals surface area contributed by atoms with E-state index >= 15 is 0 Å². The number of likely N-dealkylation sites (tertiary alicyclic amines) is 1. The molecule has 24 heavy (non-hydrogen) atoms. The summed E-state index contributed by atoms with van der Waals surface area (Å²) in [7, 11) is 1.65. The lowest BCUT2D eigenvalue weighted by Crippen LogP contribution is -2.31. The number of pyridine rings is 1. The first-order valence-electron chi connectivity index (χ1n) is 8.01. The van der Waals surface area contributed by atoms with Crippen LogP contribution in [0.2, 0.25) is 0 Å². The summed E-state index contributed by atoms with van der Waals surface area (Å²) in [5, 5.41) is 0. The van der Waals surface area contributed by atoms with Gasteiger partial charge in [-0.2, -0.15) is 0 Å². The highest BCUT2D eigenvalue weighted by Gasteiger charge is 2.31. The second-order valence-corrected chi connectivity index (χ2v) is 6.14. The molecule has 1 amide bonds. The number of hydrogen-bond donors (Lipinski definition) is 0. The van der Waals surface area contributed by atoms with Crippen LogP contribution < -0.4 is 15.0 Å². The van der Waals surface area contributed by atoms with Crippen LogP contribution in [-0.2, 0) is 7.05 Å². The van der Waals surface area contributed by atoms with Gasteiger partial charge in [0, 0.05) is 25.9 Å². The molecule has 0 unspecified atom stereocenters. The van der Waals surface area contributed by atoms with Crippen molar-refractivity contribution in [3.05, 3.63) is 58.0 Å². The quantitative estimate of drug-likeness (QED) is 0.848. The van der Waals surface area contributed by atoms with Gasteiger partial charge in [-0.05, 0) is 36.6 Å². The van der Waals surface area contributed by atoms with Crippen molar-refractivity contribution < 1.29 is 14.3 Å². The number of carbonyl (C=O) groups excluding carboxylic acids is 1. The second kappa shape index (κ2) is 5.70. The largest absolute Gasteiger partial charge is 0.454 e. The van der Waals surface area contributed by atoms with E-state index in [9.17, 15) is 9.59 Å². The maximum absolute atomic E-state index is 12.9. The number of hydrogen-bond acceptors (Lipinski definition) is 4. The molecule has 2 aliphatic heterocycles. The van der Waals surface area contributed by atoms with E-state index in [4.69, 9.17) is 9.47 Å². The number of carbonyl (C=O) groups is 1. The van der Waals surface area contributed by atoms with Gasteiger partial charge in [0.05, 0.1) is 11.6 Å². The lowest BCUT2D eigenvalue weighted by Gasteiger charge is -2.25. The SMILES string of the molecule is Cn1cc(C(=O)N2CCC[C@@H]2c2ccc3c(c2)OCO3)ccc1=O. The van der Waals surface area contributed by atoms with Gasteiger partial charge in [-0.1, -0.05) is 6.07 Å². The van der Waals surface area contributed by atoms with Crippen LogP contribution in [0.3, 0.4) is 0 Å². The molecule has 1 atom stereocenters. The molecule has 0 N–H and O–H groups in total. The Morgan fingerprint density at radius 3 is 2.83 bits per heavy atom. The minimum Gasteiger partial charge on any atom is -0.454 e. The van der Waals surface area contributed by atoms with E-state index in [1.807, 2.05) is 23.1 Å². The minimum atomic E-state index is -0.125. The molecule has 0 bridgehead atoms. The molecule has 6 nitrogen and oxygen atoms in total. The van der Waals surface area contributed by atoms with Crippen molar-refractivity contribution in [2.24, 2.45) is 7.05 Å². The van der Waals surface area contributed by atoms with Crippen LogP contribution >= 0.6 is 0 Å². The van der Waals surface area contributed by atoms with Gasteiger partial charge in [-0.15, -0.1) is 0 Å². The molecule has 6 heteroatoms. The van der Waals surface area contributed by atoms with Gasteiger partial charge in [0.15, 0.2) is 11.5 Å². The Balaban J connectivity index is 1.63. The van der Waals surface area contributed by atoms with Gasteiger partial charge in [0.25, 0.3) is 5.91 Å². The van der Waals surface area contributed by atoms with E-state index in [0.717, 1.165) is 29.9 Å². The Labute approximate surface area is 139 Å². The first kappa shape index (κ1) is 14.8. The molecule has 1 fully saturated rings. The second-order valence-electron chi connectivity index (χ2n) is 6.14. The fourth-order valence-electron chi connectivity index (χ4n) is 3.36. The number of ether oxygens (including phenoxy) is 2. The van der Waals surface area contributed by atoms with Crippen molar-refractivity contribution in [3.63, 3.8) is 0 Å². The van der Waals surface area contributed by atoms with Crippen molar-refractivity contribution >= 4 is 5.91 Å². The highest BCUT2D eigenvalue weighted by atomic mass is 16.7. The zero-order chi connectivity index (χ0) is 16.7.